The number of carbonyl (C=O) groups excluding carboxylic acids is 2. The average molecular weight is 491 g/mol. The van der Waals surface area contributed by atoms with Crippen molar-refractivity contribution in [1.29, 1.82) is 0 Å². The second kappa shape index (κ2) is 13.8. The van der Waals surface area contributed by atoms with Gasteiger partial charge in [-0.15, -0.1) is 0 Å². The summed E-state index contributed by atoms with van der Waals surface area (Å²) in [5, 5.41) is 5.79. The van der Waals surface area contributed by atoms with E-state index in [1.54, 1.807) is 36.4 Å². The minimum absolute atomic E-state index is 0.163. The molecule has 7 heteroatoms. The molecule has 7 nitrogen and oxygen atoms in total. The highest BCUT2D eigenvalue weighted by atomic mass is 16.5. The molecule has 0 saturated carbocycles. The monoisotopic (exact) mass is 490 g/mol. The van der Waals surface area contributed by atoms with Crippen molar-refractivity contribution in [1.82, 2.24) is 0 Å². The average Bonchev–Trinajstić information content (AvgIpc) is 2.90. The first-order chi connectivity index (χ1) is 17.5. The zero-order chi connectivity index (χ0) is 25.8. The van der Waals surface area contributed by atoms with Crippen molar-refractivity contribution < 1.29 is 23.8 Å². The van der Waals surface area contributed by atoms with E-state index in [1.165, 1.54) is 5.56 Å². The van der Waals surface area contributed by atoms with Gasteiger partial charge in [0.15, 0.2) is 0 Å². The Morgan fingerprint density at radius 1 is 0.750 bits per heavy atom. The van der Waals surface area contributed by atoms with Gasteiger partial charge in [-0.3, -0.25) is 9.59 Å². The van der Waals surface area contributed by atoms with Crippen molar-refractivity contribution in [3.8, 4) is 17.2 Å². The number of rotatable bonds is 13. The predicted molar refractivity (Wildman–Crippen MR) is 142 cm³/mol. The molecule has 0 atom stereocenters. The molecule has 3 aromatic carbocycles. The van der Waals surface area contributed by atoms with Crippen molar-refractivity contribution in [2.24, 2.45) is 0 Å². The van der Waals surface area contributed by atoms with Crippen LogP contribution in [0.25, 0.3) is 0 Å². The Hall–Kier alpha value is -4.00. The molecule has 0 aromatic heterocycles. The Labute approximate surface area is 212 Å². The highest BCUT2D eigenvalue weighted by Crippen LogP contribution is 2.37. The molecule has 0 bridgehead atoms. The van der Waals surface area contributed by atoms with Crippen LogP contribution in [0.4, 0.5) is 11.4 Å². The second-order valence-corrected chi connectivity index (χ2v) is 8.03. The summed E-state index contributed by atoms with van der Waals surface area (Å²) >= 11 is 0. The lowest BCUT2D eigenvalue weighted by molar-refractivity contribution is -0.116. The summed E-state index contributed by atoms with van der Waals surface area (Å²) in [6.45, 7) is 7.05. The van der Waals surface area contributed by atoms with Crippen LogP contribution in [0.15, 0.2) is 66.7 Å². The van der Waals surface area contributed by atoms with E-state index in [0.29, 0.717) is 54.7 Å². The lowest BCUT2D eigenvalue weighted by Crippen LogP contribution is -2.16. The van der Waals surface area contributed by atoms with Crippen molar-refractivity contribution in [2.45, 2.75) is 40.0 Å². The fourth-order valence-corrected chi connectivity index (χ4v) is 3.55. The molecule has 3 aromatic rings. The summed E-state index contributed by atoms with van der Waals surface area (Å²) in [6.07, 6.45) is 1.83. The van der Waals surface area contributed by atoms with Crippen LogP contribution in [0.2, 0.25) is 0 Å². The fraction of sp³-hybridized carbons (Fsp3) is 0.310. The minimum Gasteiger partial charge on any atom is -0.494 e. The molecule has 0 fully saturated rings. The van der Waals surface area contributed by atoms with E-state index in [0.717, 1.165) is 12.2 Å². The van der Waals surface area contributed by atoms with Gasteiger partial charge in [0.1, 0.15) is 17.2 Å². The lowest BCUT2D eigenvalue weighted by atomic mass is 10.2. The molecule has 0 spiro atoms. The number of hydrogen-bond donors (Lipinski definition) is 2. The van der Waals surface area contributed by atoms with Crippen molar-refractivity contribution in [3.05, 3.63) is 77.9 Å². The fourth-order valence-electron chi connectivity index (χ4n) is 3.55. The normalized spacial score (nSPS) is 10.4. The number of carbonyl (C=O) groups is 2. The van der Waals surface area contributed by atoms with Gasteiger partial charge in [-0.05, 0) is 56.5 Å². The summed E-state index contributed by atoms with van der Waals surface area (Å²) in [7, 11) is 0. The first-order valence-electron chi connectivity index (χ1n) is 12.4. The molecule has 2 amide bonds. The van der Waals surface area contributed by atoms with Crippen LogP contribution < -0.4 is 24.8 Å². The maximum atomic E-state index is 12.7. The van der Waals surface area contributed by atoms with E-state index in [-0.39, 0.29) is 18.2 Å². The molecule has 0 saturated heterocycles. The third-order valence-electron chi connectivity index (χ3n) is 5.39. The zero-order valence-corrected chi connectivity index (χ0v) is 21.1. The standard InChI is InChI=1S/C29H34N2O5/c1-4-21-14-16-23(17-15-21)36-18-10-13-28(32)30-24-19-27(35-6-3)25(20-26(24)34-5-2)31-29(33)22-11-8-7-9-12-22/h7-9,11-12,14-17,19-20H,4-6,10,13,18H2,1-3H3,(H,30,32)(H,31,33). The smallest absolute Gasteiger partial charge is 0.255 e. The Bertz CT molecular complexity index is 1130. The van der Waals surface area contributed by atoms with E-state index in [9.17, 15) is 9.59 Å². The molecule has 0 radical (unpaired) electrons. The number of hydrogen-bond acceptors (Lipinski definition) is 5. The van der Waals surface area contributed by atoms with Gasteiger partial charge in [0.2, 0.25) is 5.91 Å². The van der Waals surface area contributed by atoms with Crippen LogP contribution in [0, 0.1) is 0 Å². The van der Waals surface area contributed by atoms with Crippen LogP contribution in [0.1, 0.15) is 49.5 Å². The van der Waals surface area contributed by atoms with E-state index in [1.807, 2.05) is 44.2 Å². The predicted octanol–water partition coefficient (Wildman–Crippen LogP) is 6.10. The summed E-state index contributed by atoms with van der Waals surface area (Å²) in [5.74, 6) is 1.26. The summed E-state index contributed by atoms with van der Waals surface area (Å²) in [5.41, 5.74) is 2.73. The van der Waals surface area contributed by atoms with Crippen LogP contribution in [0.3, 0.4) is 0 Å². The lowest BCUT2D eigenvalue weighted by Gasteiger charge is -2.18. The van der Waals surface area contributed by atoms with Crippen LogP contribution >= 0.6 is 0 Å². The highest BCUT2D eigenvalue weighted by molar-refractivity contribution is 6.05. The first kappa shape index (κ1) is 26.6. The Morgan fingerprint density at radius 2 is 1.36 bits per heavy atom. The van der Waals surface area contributed by atoms with Gasteiger partial charge in [-0.2, -0.15) is 0 Å². The van der Waals surface area contributed by atoms with Crippen molar-refractivity contribution in [3.63, 3.8) is 0 Å². The molecule has 190 valence electrons. The van der Waals surface area contributed by atoms with Gasteiger partial charge >= 0.3 is 0 Å². The molecular formula is C29H34N2O5. The molecule has 36 heavy (non-hydrogen) atoms. The van der Waals surface area contributed by atoms with Crippen LogP contribution in [-0.2, 0) is 11.2 Å². The summed E-state index contributed by atoms with van der Waals surface area (Å²) in [4.78, 5) is 25.3. The molecular weight excluding hydrogens is 456 g/mol. The van der Waals surface area contributed by atoms with Crippen molar-refractivity contribution >= 4 is 23.2 Å². The van der Waals surface area contributed by atoms with Crippen LogP contribution in [0.5, 0.6) is 17.2 Å². The number of anilines is 2. The molecule has 0 unspecified atom stereocenters. The molecule has 0 aliphatic carbocycles. The van der Waals surface area contributed by atoms with Gasteiger partial charge in [0, 0.05) is 24.1 Å². The molecule has 0 heterocycles. The Kier molecular flexibility index (Phi) is 10.2. The van der Waals surface area contributed by atoms with Gasteiger partial charge in [-0.25, -0.2) is 0 Å². The van der Waals surface area contributed by atoms with Gasteiger partial charge in [0.05, 0.1) is 31.2 Å². The number of nitrogens with one attached hydrogen (secondary N) is 2. The second-order valence-electron chi connectivity index (χ2n) is 8.03. The Morgan fingerprint density at radius 3 is 1.94 bits per heavy atom. The number of benzene rings is 3. The third kappa shape index (κ3) is 7.77. The van der Waals surface area contributed by atoms with E-state index < -0.39 is 0 Å². The molecule has 0 aliphatic rings. The van der Waals surface area contributed by atoms with E-state index in [4.69, 9.17) is 14.2 Å². The zero-order valence-electron chi connectivity index (χ0n) is 21.1. The third-order valence-corrected chi connectivity index (χ3v) is 5.39. The van der Waals surface area contributed by atoms with Gasteiger partial charge in [0.25, 0.3) is 5.91 Å². The molecule has 0 aliphatic heterocycles. The minimum atomic E-state index is -0.264. The first-order valence-corrected chi connectivity index (χ1v) is 12.4. The largest absolute Gasteiger partial charge is 0.494 e. The van der Waals surface area contributed by atoms with Gasteiger partial charge < -0.3 is 24.8 Å². The summed E-state index contributed by atoms with van der Waals surface area (Å²) < 4.78 is 17.3. The Balaban J connectivity index is 1.64. The SMILES string of the molecule is CCOc1cc(NC(=O)c2ccccc2)c(OCC)cc1NC(=O)CCCOc1ccc(CC)cc1. The maximum absolute atomic E-state index is 12.7. The van der Waals surface area contributed by atoms with E-state index in [2.05, 4.69) is 17.6 Å². The quantitative estimate of drug-likeness (QED) is 0.283. The number of ether oxygens (including phenoxy) is 3. The van der Waals surface area contributed by atoms with Crippen LogP contribution in [-0.4, -0.2) is 31.6 Å². The molecule has 2 N–H and O–H groups in total. The number of aryl methyl sites for hydroxylation is 1. The topological polar surface area (TPSA) is 85.9 Å². The van der Waals surface area contributed by atoms with Gasteiger partial charge in [-0.1, -0.05) is 37.3 Å². The number of amides is 2. The highest BCUT2D eigenvalue weighted by Gasteiger charge is 2.17. The maximum Gasteiger partial charge on any atom is 0.255 e. The molecule has 3 rings (SSSR count). The van der Waals surface area contributed by atoms with E-state index >= 15 is 0 Å². The van der Waals surface area contributed by atoms with Crippen molar-refractivity contribution in [2.75, 3.05) is 30.5 Å². The summed E-state index contributed by atoms with van der Waals surface area (Å²) in [6, 6.07) is 20.2.